The Kier molecular flexibility index (Phi) is 7.11. The van der Waals surface area contributed by atoms with Crippen LogP contribution in [0.2, 0.25) is 0 Å². The van der Waals surface area contributed by atoms with E-state index in [0.717, 1.165) is 13.1 Å². The maximum absolute atomic E-state index is 11.8. The van der Waals surface area contributed by atoms with Crippen molar-refractivity contribution in [3.8, 4) is 0 Å². The van der Waals surface area contributed by atoms with Gasteiger partial charge >= 0.3 is 0 Å². The molecule has 1 saturated heterocycles. The summed E-state index contributed by atoms with van der Waals surface area (Å²) in [5, 5.41) is 5.98. The van der Waals surface area contributed by atoms with Crippen LogP contribution in [0.15, 0.2) is 24.4 Å². The smallest absolute Gasteiger partial charge is 0.228 e. The average Bonchev–Trinajstić information content (AvgIpc) is 2.16. The van der Waals surface area contributed by atoms with Gasteiger partial charge in [-0.25, -0.2) is 4.98 Å². The fourth-order valence-corrected chi connectivity index (χ4v) is 1.56. The molecule has 0 saturated carbocycles. The molecule has 17 heavy (non-hydrogen) atoms. The minimum atomic E-state index is 0. The van der Waals surface area contributed by atoms with Crippen LogP contribution in [0.4, 0.5) is 5.82 Å². The molecule has 0 spiro atoms. The minimum absolute atomic E-state index is 0. The number of amides is 1. The maximum atomic E-state index is 11.8. The van der Waals surface area contributed by atoms with E-state index >= 15 is 0 Å². The Hall–Kier alpha value is -0.840. The van der Waals surface area contributed by atoms with Crippen LogP contribution in [0.3, 0.4) is 0 Å². The number of rotatable bonds is 3. The SMILES string of the molecule is CC(C(=O)Nc1ccccn1)C1CNC1.Cl.Cl. The van der Waals surface area contributed by atoms with Crippen LogP contribution in [-0.2, 0) is 4.79 Å². The molecule has 1 aliphatic rings. The Labute approximate surface area is 113 Å². The summed E-state index contributed by atoms with van der Waals surface area (Å²) in [5.74, 6) is 1.20. The predicted molar refractivity (Wildman–Crippen MR) is 72.9 cm³/mol. The Balaban J connectivity index is 0.00000128. The van der Waals surface area contributed by atoms with Crippen LogP contribution in [0, 0.1) is 11.8 Å². The number of hydrogen-bond acceptors (Lipinski definition) is 3. The third-order valence-corrected chi connectivity index (χ3v) is 2.85. The number of halogens is 2. The highest BCUT2D eigenvalue weighted by Gasteiger charge is 2.28. The van der Waals surface area contributed by atoms with E-state index in [1.54, 1.807) is 12.3 Å². The van der Waals surface area contributed by atoms with Crippen molar-refractivity contribution in [3.63, 3.8) is 0 Å². The summed E-state index contributed by atoms with van der Waals surface area (Å²) in [5.41, 5.74) is 0. The number of carbonyl (C=O) groups excluding carboxylic acids is 1. The van der Waals surface area contributed by atoms with Gasteiger partial charge in [-0.05, 0) is 31.1 Å². The molecule has 4 nitrogen and oxygen atoms in total. The Bertz CT molecular complexity index is 344. The third-order valence-electron chi connectivity index (χ3n) is 2.85. The summed E-state index contributed by atoms with van der Waals surface area (Å²) in [7, 11) is 0. The zero-order valence-electron chi connectivity index (χ0n) is 9.55. The van der Waals surface area contributed by atoms with Crippen LogP contribution in [0.25, 0.3) is 0 Å². The predicted octanol–water partition coefficient (Wildman–Crippen LogP) is 1.72. The second-order valence-corrected chi connectivity index (χ2v) is 3.91. The number of hydrogen-bond donors (Lipinski definition) is 2. The molecule has 0 aliphatic carbocycles. The number of nitrogens with zero attached hydrogens (tertiary/aromatic N) is 1. The van der Waals surface area contributed by atoms with Gasteiger partial charge in [-0.2, -0.15) is 0 Å². The number of aromatic nitrogens is 1. The summed E-state index contributed by atoms with van der Waals surface area (Å²) in [6.45, 7) is 3.84. The molecule has 0 radical (unpaired) electrons. The first-order valence-electron chi connectivity index (χ1n) is 5.20. The lowest BCUT2D eigenvalue weighted by Gasteiger charge is -2.31. The number of anilines is 1. The molecule has 1 unspecified atom stereocenters. The molecule has 96 valence electrons. The van der Waals surface area contributed by atoms with Crippen LogP contribution in [0.1, 0.15) is 6.92 Å². The van der Waals surface area contributed by atoms with Crippen molar-refractivity contribution in [3.05, 3.63) is 24.4 Å². The summed E-state index contributed by atoms with van der Waals surface area (Å²) in [6.07, 6.45) is 1.67. The van der Waals surface area contributed by atoms with Gasteiger partial charge < -0.3 is 10.6 Å². The molecule has 1 amide bonds. The quantitative estimate of drug-likeness (QED) is 0.885. The molecule has 1 fully saturated rings. The van der Waals surface area contributed by atoms with Gasteiger partial charge in [-0.15, -0.1) is 24.8 Å². The van der Waals surface area contributed by atoms with Crippen molar-refractivity contribution >= 4 is 36.5 Å². The third kappa shape index (κ3) is 4.15. The summed E-state index contributed by atoms with van der Waals surface area (Å²) in [4.78, 5) is 15.8. The average molecular weight is 278 g/mol. The van der Waals surface area contributed by atoms with E-state index in [1.165, 1.54) is 0 Å². The first kappa shape index (κ1) is 16.2. The van der Waals surface area contributed by atoms with Crippen molar-refractivity contribution in [2.24, 2.45) is 11.8 Å². The first-order valence-corrected chi connectivity index (χ1v) is 5.20. The van der Waals surface area contributed by atoms with E-state index in [9.17, 15) is 4.79 Å². The highest BCUT2D eigenvalue weighted by atomic mass is 35.5. The Morgan fingerprint density at radius 3 is 2.65 bits per heavy atom. The van der Waals surface area contributed by atoms with Gasteiger partial charge in [0, 0.05) is 12.1 Å². The fourth-order valence-electron chi connectivity index (χ4n) is 1.56. The summed E-state index contributed by atoms with van der Waals surface area (Å²) < 4.78 is 0. The highest BCUT2D eigenvalue weighted by molar-refractivity contribution is 5.91. The lowest BCUT2D eigenvalue weighted by molar-refractivity contribution is -0.121. The molecule has 1 aromatic heterocycles. The van der Waals surface area contributed by atoms with E-state index in [2.05, 4.69) is 15.6 Å². The number of pyridine rings is 1. The maximum Gasteiger partial charge on any atom is 0.228 e. The molecule has 2 N–H and O–H groups in total. The van der Waals surface area contributed by atoms with Crippen LogP contribution >= 0.6 is 24.8 Å². The monoisotopic (exact) mass is 277 g/mol. The second-order valence-electron chi connectivity index (χ2n) is 3.91. The summed E-state index contributed by atoms with van der Waals surface area (Å²) in [6, 6.07) is 5.48. The minimum Gasteiger partial charge on any atom is -0.316 e. The van der Waals surface area contributed by atoms with Gasteiger partial charge in [0.15, 0.2) is 0 Å². The van der Waals surface area contributed by atoms with E-state index in [4.69, 9.17) is 0 Å². The van der Waals surface area contributed by atoms with Crippen molar-refractivity contribution in [2.75, 3.05) is 18.4 Å². The van der Waals surface area contributed by atoms with Gasteiger partial charge in [0.05, 0.1) is 0 Å². The van der Waals surface area contributed by atoms with Gasteiger partial charge in [-0.1, -0.05) is 13.0 Å². The van der Waals surface area contributed by atoms with Crippen molar-refractivity contribution in [1.82, 2.24) is 10.3 Å². The van der Waals surface area contributed by atoms with E-state index in [-0.39, 0.29) is 36.6 Å². The molecular formula is C11H17Cl2N3O. The van der Waals surface area contributed by atoms with Gasteiger partial charge in [0.1, 0.15) is 5.82 Å². The molecule has 2 rings (SSSR count). The normalized spacial score (nSPS) is 15.8. The molecular weight excluding hydrogens is 261 g/mol. The van der Waals surface area contributed by atoms with Crippen molar-refractivity contribution in [2.45, 2.75) is 6.92 Å². The van der Waals surface area contributed by atoms with E-state index in [0.29, 0.717) is 11.7 Å². The molecule has 1 atom stereocenters. The van der Waals surface area contributed by atoms with Crippen molar-refractivity contribution in [1.29, 1.82) is 0 Å². The van der Waals surface area contributed by atoms with E-state index < -0.39 is 0 Å². The van der Waals surface area contributed by atoms with Crippen LogP contribution in [-0.4, -0.2) is 24.0 Å². The van der Waals surface area contributed by atoms with Crippen molar-refractivity contribution < 1.29 is 4.79 Å². The molecule has 0 aromatic carbocycles. The van der Waals surface area contributed by atoms with Gasteiger partial charge in [0.2, 0.25) is 5.91 Å². The largest absolute Gasteiger partial charge is 0.316 e. The number of nitrogens with one attached hydrogen (secondary N) is 2. The molecule has 1 aliphatic heterocycles. The molecule has 1 aromatic rings. The van der Waals surface area contributed by atoms with E-state index in [1.807, 2.05) is 19.1 Å². The molecule has 6 heteroatoms. The van der Waals surface area contributed by atoms with Crippen LogP contribution < -0.4 is 10.6 Å². The lowest BCUT2D eigenvalue weighted by atomic mass is 9.88. The standard InChI is InChI=1S/C11H15N3O.2ClH/c1-8(9-6-12-7-9)11(15)14-10-4-2-3-5-13-10;;/h2-5,8-9,12H,6-7H2,1H3,(H,13,14,15);2*1H. The second kappa shape index (κ2) is 7.48. The zero-order valence-corrected chi connectivity index (χ0v) is 11.2. The molecule has 0 bridgehead atoms. The Morgan fingerprint density at radius 1 is 1.47 bits per heavy atom. The highest BCUT2D eigenvalue weighted by Crippen LogP contribution is 2.17. The zero-order chi connectivity index (χ0) is 10.7. The topological polar surface area (TPSA) is 54.0 Å². The summed E-state index contributed by atoms with van der Waals surface area (Å²) >= 11 is 0. The first-order chi connectivity index (χ1) is 7.27. The van der Waals surface area contributed by atoms with Gasteiger partial charge in [-0.3, -0.25) is 4.79 Å². The lowest BCUT2D eigenvalue weighted by Crippen LogP contribution is -2.48. The van der Waals surface area contributed by atoms with Crippen LogP contribution in [0.5, 0.6) is 0 Å². The number of carbonyl (C=O) groups is 1. The molecule has 2 heterocycles. The fraction of sp³-hybridized carbons (Fsp3) is 0.455. The van der Waals surface area contributed by atoms with Gasteiger partial charge in [0.25, 0.3) is 0 Å². The Morgan fingerprint density at radius 2 is 2.18 bits per heavy atom.